The molecule has 0 unspecified atom stereocenters. The Morgan fingerprint density at radius 3 is 2.87 bits per heavy atom. The van der Waals surface area contributed by atoms with Crippen LogP contribution < -0.4 is 20.1 Å². The Morgan fingerprint density at radius 1 is 1.32 bits per heavy atom. The predicted octanol–water partition coefficient (Wildman–Crippen LogP) is 2.19. The van der Waals surface area contributed by atoms with E-state index < -0.39 is 0 Å². The second-order valence-electron chi connectivity index (χ2n) is 8.51. The van der Waals surface area contributed by atoms with Gasteiger partial charge in [0.1, 0.15) is 23.1 Å². The molecule has 5 rings (SSSR count). The van der Waals surface area contributed by atoms with E-state index in [9.17, 15) is 4.79 Å². The van der Waals surface area contributed by atoms with E-state index in [4.69, 9.17) is 9.47 Å². The molecule has 0 aliphatic carbocycles. The number of hydrogen-bond donors (Lipinski definition) is 2. The van der Waals surface area contributed by atoms with Gasteiger partial charge in [0.15, 0.2) is 0 Å². The third kappa shape index (κ3) is 3.96. The molecule has 3 aromatic heterocycles. The van der Waals surface area contributed by atoms with Gasteiger partial charge in [0.2, 0.25) is 11.8 Å². The minimum atomic E-state index is -0.362. The molecule has 0 spiro atoms. The van der Waals surface area contributed by atoms with Crippen LogP contribution in [0, 0.1) is 0 Å². The zero-order valence-electron chi connectivity index (χ0n) is 17.7. The molecule has 5 heterocycles. The average molecular weight is 420 g/mol. The van der Waals surface area contributed by atoms with Crippen molar-refractivity contribution in [2.75, 3.05) is 18.4 Å². The smallest absolute Gasteiger partial charge is 0.262 e. The molecule has 0 bridgehead atoms. The molecule has 160 valence electrons. The number of nitrogens with zero attached hydrogens (tertiary/aromatic N) is 4. The number of fused-ring (bicyclic) bond motifs is 1. The molecule has 0 aromatic carbocycles. The first kappa shape index (κ1) is 19.5. The lowest BCUT2D eigenvalue weighted by Gasteiger charge is -2.28. The van der Waals surface area contributed by atoms with Crippen LogP contribution in [-0.4, -0.2) is 50.5 Å². The summed E-state index contributed by atoms with van der Waals surface area (Å²) in [5, 5.41) is 10.2. The van der Waals surface area contributed by atoms with Gasteiger partial charge >= 0.3 is 0 Å². The van der Waals surface area contributed by atoms with Crippen LogP contribution in [0.5, 0.6) is 11.8 Å². The zero-order valence-corrected chi connectivity index (χ0v) is 17.7. The highest BCUT2D eigenvalue weighted by molar-refractivity contribution is 6.05. The van der Waals surface area contributed by atoms with Crippen molar-refractivity contribution in [3.63, 3.8) is 0 Å². The number of aromatic nitrogens is 4. The van der Waals surface area contributed by atoms with Crippen LogP contribution in [0.3, 0.4) is 0 Å². The van der Waals surface area contributed by atoms with Crippen molar-refractivity contribution in [3.05, 3.63) is 47.8 Å². The second-order valence-corrected chi connectivity index (χ2v) is 8.51. The van der Waals surface area contributed by atoms with Gasteiger partial charge in [-0.25, -0.2) is 4.98 Å². The number of aryl methyl sites for hydroxylation is 1. The summed E-state index contributed by atoms with van der Waals surface area (Å²) < 4.78 is 13.6. The first-order valence-electron chi connectivity index (χ1n) is 10.2. The van der Waals surface area contributed by atoms with E-state index in [0.717, 1.165) is 29.9 Å². The zero-order chi connectivity index (χ0) is 21.6. The monoisotopic (exact) mass is 420 g/mol. The van der Waals surface area contributed by atoms with Crippen LogP contribution in [0.1, 0.15) is 29.8 Å². The van der Waals surface area contributed by atoms with Crippen molar-refractivity contribution in [3.8, 4) is 23.0 Å². The van der Waals surface area contributed by atoms with Crippen molar-refractivity contribution >= 4 is 11.7 Å². The van der Waals surface area contributed by atoms with Crippen LogP contribution in [0.15, 0.2) is 36.7 Å². The van der Waals surface area contributed by atoms with Crippen molar-refractivity contribution in [2.45, 2.75) is 32.0 Å². The largest absolute Gasteiger partial charge is 0.471 e. The molecule has 0 atom stereocenters. The molecule has 2 N–H and O–H groups in total. The van der Waals surface area contributed by atoms with E-state index in [1.165, 1.54) is 0 Å². The third-order valence-corrected chi connectivity index (χ3v) is 5.27. The van der Waals surface area contributed by atoms with Gasteiger partial charge in [-0.2, -0.15) is 10.1 Å². The van der Waals surface area contributed by atoms with Crippen molar-refractivity contribution in [2.24, 2.45) is 7.05 Å². The average Bonchev–Trinajstić information content (AvgIpc) is 3.25. The summed E-state index contributed by atoms with van der Waals surface area (Å²) in [7, 11) is 1.85. The molecule has 31 heavy (non-hydrogen) atoms. The number of carbonyl (C=O) groups is 1. The quantitative estimate of drug-likeness (QED) is 0.652. The molecular weight excluding hydrogens is 396 g/mol. The summed E-state index contributed by atoms with van der Waals surface area (Å²) >= 11 is 0. The highest BCUT2D eigenvalue weighted by Gasteiger charge is 2.34. The van der Waals surface area contributed by atoms with Gasteiger partial charge in [-0.05, 0) is 32.0 Å². The summed E-state index contributed by atoms with van der Waals surface area (Å²) in [6.45, 7) is 5.44. The van der Waals surface area contributed by atoms with E-state index >= 15 is 0 Å². The lowest BCUT2D eigenvalue weighted by atomic mass is 10.0. The minimum absolute atomic E-state index is 0.0152. The Bertz CT molecular complexity index is 1150. The molecule has 0 saturated carbocycles. The summed E-state index contributed by atoms with van der Waals surface area (Å²) in [5.74, 6) is 0.933. The molecule has 2 aliphatic rings. The fourth-order valence-corrected chi connectivity index (χ4v) is 3.65. The lowest BCUT2D eigenvalue weighted by Crippen LogP contribution is -2.50. The van der Waals surface area contributed by atoms with E-state index in [2.05, 4.69) is 25.7 Å². The van der Waals surface area contributed by atoms with E-state index in [1.807, 2.05) is 45.3 Å². The second kappa shape index (κ2) is 7.35. The number of hydrogen-bond acceptors (Lipinski definition) is 7. The van der Waals surface area contributed by atoms with E-state index in [1.54, 1.807) is 16.9 Å². The van der Waals surface area contributed by atoms with Crippen LogP contribution in [0.25, 0.3) is 11.3 Å². The Hall–Kier alpha value is -3.46. The Labute approximate surface area is 179 Å². The van der Waals surface area contributed by atoms with Crippen molar-refractivity contribution < 1.29 is 14.3 Å². The van der Waals surface area contributed by atoms with Crippen molar-refractivity contribution in [1.29, 1.82) is 0 Å². The lowest BCUT2D eigenvalue weighted by molar-refractivity contribution is 0.0998. The first-order chi connectivity index (χ1) is 14.9. The van der Waals surface area contributed by atoms with Crippen LogP contribution in [-0.2, 0) is 13.5 Å². The fourth-order valence-electron chi connectivity index (χ4n) is 3.65. The number of ether oxygens (including phenoxy) is 2. The van der Waals surface area contributed by atoms with Gasteiger partial charge in [-0.3, -0.25) is 9.48 Å². The molecule has 1 fully saturated rings. The van der Waals surface area contributed by atoms with Crippen molar-refractivity contribution in [1.82, 2.24) is 25.1 Å². The van der Waals surface area contributed by atoms with Gasteiger partial charge in [0.25, 0.3) is 5.91 Å². The molecule has 0 radical (unpaired) electrons. The van der Waals surface area contributed by atoms with Gasteiger partial charge in [0, 0.05) is 43.9 Å². The highest BCUT2D eigenvalue weighted by atomic mass is 16.5. The Kier molecular flexibility index (Phi) is 4.62. The molecule has 2 aliphatic heterocycles. The molecule has 1 amide bonds. The summed E-state index contributed by atoms with van der Waals surface area (Å²) in [6.07, 6.45) is 4.27. The highest BCUT2D eigenvalue weighted by Crippen LogP contribution is 2.37. The molecule has 3 aromatic rings. The number of pyridine rings is 2. The molecular formula is C22H24N6O3. The topological polar surface area (TPSA) is 103 Å². The predicted molar refractivity (Wildman–Crippen MR) is 114 cm³/mol. The maximum atomic E-state index is 13.2. The van der Waals surface area contributed by atoms with Gasteiger partial charge in [-0.15, -0.1) is 0 Å². The molecule has 9 heteroatoms. The van der Waals surface area contributed by atoms with Crippen LogP contribution in [0.4, 0.5) is 5.82 Å². The number of amides is 1. The SMILES string of the molecule is Cn1cc(-c2cccc(NC(=O)c3cc4c(nc3OC3CNC3)OC(C)(C)C4)n2)cn1. The number of carbonyl (C=O) groups excluding carboxylic acids is 1. The Morgan fingerprint density at radius 2 is 2.16 bits per heavy atom. The fraction of sp³-hybridized carbons (Fsp3) is 0.364. The van der Waals surface area contributed by atoms with Crippen LogP contribution in [0.2, 0.25) is 0 Å². The van der Waals surface area contributed by atoms with E-state index in [-0.39, 0.29) is 23.5 Å². The minimum Gasteiger partial charge on any atom is -0.471 e. The number of anilines is 1. The summed E-state index contributed by atoms with van der Waals surface area (Å²) in [6, 6.07) is 7.29. The van der Waals surface area contributed by atoms with Crippen LogP contribution >= 0.6 is 0 Å². The molecule has 9 nitrogen and oxygen atoms in total. The first-order valence-corrected chi connectivity index (χ1v) is 10.2. The third-order valence-electron chi connectivity index (χ3n) is 5.27. The summed E-state index contributed by atoms with van der Waals surface area (Å²) in [5.41, 5.74) is 2.51. The maximum Gasteiger partial charge on any atom is 0.262 e. The number of nitrogens with one attached hydrogen (secondary N) is 2. The normalized spacial score (nSPS) is 16.9. The van der Waals surface area contributed by atoms with E-state index in [0.29, 0.717) is 23.7 Å². The summed E-state index contributed by atoms with van der Waals surface area (Å²) in [4.78, 5) is 22.3. The van der Waals surface area contributed by atoms with Gasteiger partial charge in [-0.1, -0.05) is 6.07 Å². The number of rotatable bonds is 5. The maximum absolute atomic E-state index is 13.2. The van der Waals surface area contributed by atoms with Gasteiger partial charge in [0.05, 0.1) is 11.9 Å². The van der Waals surface area contributed by atoms with Gasteiger partial charge < -0.3 is 20.1 Å². The standard InChI is InChI=1S/C22H24N6O3/c1-22(2)8-13-7-16(21(27-20(13)31-22)30-15-10-23-11-15)19(29)26-18-6-4-5-17(25-18)14-9-24-28(3)12-14/h4-7,9,12,15,23H,8,10-11H2,1-3H3,(H,25,26,29). The Balaban J connectivity index is 1.43. The molecule has 1 saturated heterocycles.